The second kappa shape index (κ2) is 2.70. The van der Waals surface area contributed by atoms with Gasteiger partial charge in [0.15, 0.2) is 0 Å². The number of benzene rings is 1. The summed E-state index contributed by atoms with van der Waals surface area (Å²) in [4.78, 5) is 3.15. The fourth-order valence-corrected chi connectivity index (χ4v) is 1.54. The monoisotopic (exact) mass is 185 g/mol. The van der Waals surface area contributed by atoms with E-state index >= 15 is 0 Å². The number of fused-ring (bicyclic) bond motifs is 1. The fourth-order valence-electron chi connectivity index (χ4n) is 1.54. The largest absolute Gasteiger partial charge is 0.423 e. The van der Waals surface area contributed by atoms with Crippen molar-refractivity contribution in [2.24, 2.45) is 0 Å². The van der Waals surface area contributed by atoms with Crippen LogP contribution in [0.2, 0.25) is 0 Å². The van der Waals surface area contributed by atoms with Gasteiger partial charge in [0.05, 0.1) is 5.56 Å². The lowest BCUT2D eigenvalue weighted by molar-refractivity contribution is 0.569. The van der Waals surface area contributed by atoms with E-state index in [1.165, 1.54) is 6.39 Å². The second-order valence-electron chi connectivity index (χ2n) is 2.99. The van der Waals surface area contributed by atoms with Crippen molar-refractivity contribution in [1.29, 1.82) is 0 Å². The van der Waals surface area contributed by atoms with Gasteiger partial charge >= 0.3 is 0 Å². The molecular weight excluding hydrogens is 178 g/mol. The lowest BCUT2D eigenvalue weighted by atomic mass is 10.2. The molecule has 2 aromatic heterocycles. The van der Waals surface area contributed by atoms with E-state index in [-0.39, 0.29) is 0 Å². The van der Waals surface area contributed by atoms with Crippen LogP contribution in [-0.4, -0.2) is 15.2 Å². The van der Waals surface area contributed by atoms with E-state index in [1.807, 2.05) is 30.5 Å². The van der Waals surface area contributed by atoms with Crippen LogP contribution in [0.15, 0.2) is 41.3 Å². The predicted molar refractivity (Wildman–Crippen MR) is 51.6 cm³/mol. The number of hydrogen-bond donors (Lipinski definition) is 1. The first kappa shape index (κ1) is 7.32. The Morgan fingerprint density at radius 1 is 1.21 bits per heavy atom. The van der Waals surface area contributed by atoms with Gasteiger partial charge in [0.1, 0.15) is 0 Å². The molecule has 0 spiro atoms. The first-order chi connectivity index (χ1) is 6.95. The molecule has 4 heteroatoms. The molecule has 0 aliphatic heterocycles. The zero-order valence-corrected chi connectivity index (χ0v) is 7.27. The maximum absolute atomic E-state index is 5.14. The number of aromatic nitrogens is 3. The van der Waals surface area contributed by atoms with Crippen molar-refractivity contribution in [3.8, 4) is 11.5 Å². The Morgan fingerprint density at radius 3 is 3.00 bits per heavy atom. The molecule has 0 saturated carbocycles. The Balaban J connectivity index is 2.33. The van der Waals surface area contributed by atoms with Crippen molar-refractivity contribution in [3.63, 3.8) is 0 Å². The molecule has 0 aliphatic rings. The van der Waals surface area contributed by atoms with Gasteiger partial charge < -0.3 is 9.40 Å². The number of hydrogen-bond acceptors (Lipinski definition) is 3. The molecule has 0 amide bonds. The van der Waals surface area contributed by atoms with Crippen LogP contribution in [-0.2, 0) is 0 Å². The van der Waals surface area contributed by atoms with Gasteiger partial charge in [-0.2, -0.15) is 0 Å². The van der Waals surface area contributed by atoms with Crippen molar-refractivity contribution in [2.75, 3.05) is 0 Å². The van der Waals surface area contributed by atoms with Gasteiger partial charge in [0.25, 0.3) is 0 Å². The molecule has 0 fully saturated rings. The highest BCUT2D eigenvalue weighted by Crippen LogP contribution is 2.26. The molecule has 0 aliphatic carbocycles. The van der Waals surface area contributed by atoms with E-state index in [0.717, 1.165) is 16.5 Å². The number of nitrogens with one attached hydrogen (secondary N) is 1. The summed E-state index contributed by atoms with van der Waals surface area (Å²) in [5.74, 6) is 0.544. The normalized spacial score (nSPS) is 10.9. The first-order valence-electron chi connectivity index (χ1n) is 4.28. The van der Waals surface area contributed by atoms with Crippen molar-refractivity contribution >= 4 is 10.9 Å². The van der Waals surface area contributed by atoms with Gasteiger partial charge in [-0.15, -0.1) is 10.2 Å². The zero-order chi connectivity index (χ0) is 9.38. The molecule has 0 atom stereocenters. The molecule has 0 saturated heterocycles. The maximum Gasteiger partial charge on any atom is 0.249 e. The van der Waals surface area contributed by atoms with Crippen LogP contribution in [0.4, 0.5) is 0 Å². The molecule has 0 unspecified atom stereocenters. The van der Waals surface area contributed by atoms with Crippen LogP contribution in [0, 0.1) is 0 Å². The van der Waals surface area contributed by atoms with Gasteiger partial charge in [-0.05, 0) is 6.07 Å². The molecule has 14 heavy (non-hydrogen) atoms. The third kappa shape index (κ3) is 0.939. The van der Waals surface area contributed by atoms with Gasteiger partial charge in [-0.25, -0.2) is 0 Å². The van der Waals surface area contributed by atoms with Crippen LogP contribution in [0.25, 0.3) is 22.4 Å². The minimum absolute atomic E-state index is 0.544. The minimum atomic E-state index is 0.544. The maximum atomic E-state index is 5.14. The number of H-pyrrole nitrogens is 1. The third-order valence-corrected chi connectivity index (χ3v) is 2.18. The summed E-state index contributed by atoms with van der Waals surface area (Å²) in [5, 5.41) is 8.62. The van der Waals surface area contributed by atoms with Crippen molar-refractivity contribution in [2.45, 2.75) is 0 Å². The fraction of sp³-hybridized carbons (Fsp3) is 0. The summed E-state index contributed by atoms with van der Waals surface area (Å²) in [5.41, 5.74) is 2.01. The Bertz CT molecular complexity index is 554. The summed E-state index contributed by atoms with van der Waals surface area (Å²) in [6.45, 7) is 0. The molecule has 3 rings (SSSR count). The SMILES string of the molecule is c1ccc2c(-c3nnco3)c[nH]c2c1. The number of nitrogens with zero attached hydrogens (tertiary/aromatic N) is 2. The van der Waals surface area contributed by atoms with Crippen LogP contribution in [0.1, 0.15) is 0 Å². The highest BCUT2D eigenvalue weighted by atomic mass is 16.4. The van der Waals surface area contributed by atoms with Gasteiger partial charge in [0, 0.05) is 17.1 Å². The molecule has 0 radical (unpaired) electrons. The quantitative estimate of drug-likeness (QED) is 0.632. The van der Waals surface area contributed by atoms with Gasteiger partial charge in [-0.3, -0.25) is 0 Å². The second-order valence-corrected chi connectivity index (χ2v) is 2.99. The average molecular weight is 185 g/mol. The van der Waals surface area contributed by atoms with E-state index < -0.39 is 0 Å². The minimum Gasteiger partial charge on any atom is -0.423 e. The van der Waals surface area contributed by atoms with Crippen LogP contribution in [0.3, 0.4) is 0 Å². The third-order valence-electron chi connectivity index (χ3n) is 2.18. The zero-order valence-electron chi connectivity index (χ0n) is 7.27. The molecule has 4 nitrogen and oxygen atoms in total. The Hall–Kier alpha value is -2.10. The number of para-hydroxylation sites is 1. The molecule has 68 valence electrons. The molecular formula is C10H7N3O. The summed E-state index contributed by atoms with van der Waals surface area (Å²) >= 11 is 0. The molecule has 2 heterocycles. The smallest absolute Gasteiger partial charge is 0.249 e. The van der Waals surface area contributed by atoms with Crippen LogP contribution < -0.4 is 0 Å². The average Bonchev–Trinajstić information content (AvgIpc) is 2.85. The lowest BCUT2D eigenvalue weighted by Gasteiger charge is -1.90. The summed E-state index contributed by atoms with van der Waals surface area (Å²) in [6.07, 6.45) is 3.20. The van der Waals surface area contributed by atoms with Gasteiger partial charge in [-0.1, -0.05) is 18.2 Å². The first-order valence-corrected chi connectivity index (χ1v) is 4.28. The molecule has 0 bridgehead atoms. The van der Waals surface area contributed by atoms with Crippen molar-refractivity contribution < 1.29 is 4.42 Å². The lowest BCUT2D eigenvalue weighted by Crippen LogP contribution is -1.74. The number of rotatable bonds is 1. The Morgan fingerprint density at radius 2 is 2.14 bits per heavy atom. The van der Waals surface area contributed by atoms with Crippen molar-refractivity contribution in [1.82, 2.24) is 15.2 Å². The topological polar surface area (TPSA) is 54.7 Å². The Kier molecular flexibility index (Phi) is 1.41. The Labute approximate surface area is 79.6 Å². The van der Waals surface area contributed by atoms with E-state index in [2.05, 4.69) is 15.2 Å². The summed E-state index contributed by atoms with van der Waals surface area (Å²) in [6, 6.07) is 7.99. The predicted octanol–water partition coefficient (Wildman–Crippen LogP) is 2.22. The standard InChI is InChI=1S/C10H7N3O/c1-2-4-9-7(3-1)8(5-11-9)10-13-12-6-14-10/h1-6,11H. The van der Waals surface area contributed by atoms with E-state index in [1.54, 1.807) is 0 Å². The molecule has 1 N–H and O–H groups in total. The van der Waals surface area contributed by atoms with E-state index in [0.29, 0.717) is 5.89 Å². The summed E-state index contributed by atoms with van der Waals surface area (Å²) < 4.78 is 5.14. The molecule has 1 aromatic carbocycles. The number of aromatic amines is 1. The van der Waals surface area contributed by atoms with E-state index in [4.69, 9.17) is 4.42 Å². The van der Waals surface area contributed by atoms with Crippen LogP contribution in [0.5, 0.6) is 0 Å². The summed E-state index contributed by atoms with van der Waals surface area (Å²) in [7, 11) is 0. The highest BCUT2D eigenvalue weighted by Gasteiger charge is 2.08. The highest BCUT2D eigenvalue weighted by molar-refractivity contribution is 5.93. The van der Waals surface area contributed by atoms with Gasteiger partial charge in [0.2, 0.25) is 12.3 Å². The van der Waals surface area contributed by atoms with Crippen LogP contribution >= 0.6 is 0 Å². The van der Waals surface area contributed by atoms with Crippen molar-refractivity contribution in [3.05, 3.63) is 36.9 Å². The molecule has 3 aromatic rings. The van der Waals surface area contributed by atoms with E-state index in [9.17, 15) is 0 Å².